The van der Waals surface area contributed by atoms with E-state index in [1.54, 1.807) is 24.1 Å². The van der Waals surface area contributed by atoms with Crippen LogP contribution in [0.2, 0.25) is 0 Å². The van der Waals surface area contributed by atoms with Crippen LogP contribution < -0.4 is 10.6 Å². The lowest BCUT2D eigenvalue weighted by molar-refractivity contribution is -0.117. The van der Waals surface area contributed by atoms with Gasteiger partial charge >= 0.3 is 0 Å². The third-order valence-electron chi connectivity index (χ3n) is 1.94. The van der Waals surface area contributed by atoms with Crippen LogP contribution >= 0.6 is 0 Å². The summed E-state index contributed by atoms with van der Waals surface area (Å²) in [4.78, 5) is 12.3. The Morgan fingerprint density at radius 1 is 1.57 bits per heavy atom. The Labute approximate surface area is 82.3 Å². The third-order valence-corrected chi connectivity index (χ3v) is 1.94. The summed E-state index contributed by atoms with van der Waals surface area (Å²) in [6.45, 7) is 0.499. The normalized spacial score (nSPS) is 9.86. The number of hydrogen-bond acceptors (Lipinski definition) is 2. The molecule has 0 spiro atoms. The van der Waals surface area contributed by atoms with Gasteiger partial charge in [-0.2, -0.15) is 0 Å². The number of benzene rings is 1. The fourth-order valence-corrected chi connectivity index (χ4v) is 1.12. The highest BCUT2D eigenvalue weighted by Gasteiger charge is 2.03. The summed E-state index contributed by atoms with van der Waals surface area (Å²) >= 11 is 0. The maximum atomic E-state index is 12.8. The summed E-state index contributed by atoms with van der Waals surface area (Å²) in [6, 6.07) is 6.21. The second kappa shape index (κ2) is 4.60. The molecular weight excluding hydrogens is 183 g/mol. The molecule has 1 rings (SSSR count). The molecule has 14 heavy (non-hydrogen) atoms. The van der Waals surface area contributed by atoms with Crippen LogP contribution in [-0.2, 0) is 4.79 Å². The van der Waals surface area contributed by atoms with Crippen molar-refractivity contribution < 1.29 is 9.18 Å². The number of nitrogens with zero attached hydrogens (tertiary/aromatic N) is 1. The number of rotatable bonds is 4. The van der Waals surface area contributed by atoms with Crippen LogP contribution in [0.15, 0.2) is 24.3 Å². The number of halogens is 1. The summed E-state index contributed by atoms with van der Waals surface area (Å²) in [5, 5.41) is 0. The fraction of sp³-hybridized carbons (Fsp3) is 0.300. The van der Waals surface area contributed by atoms with Crippen LogP contribution in [0.5, 0.6) is 0 Å². The first kappa shape index (κ1) is 10.5. The van der Waals surface area contributed by atoms with Crippen LogP contribution in [0.4, 0.5) is 10.1 Å². The molecule has 0 saturated heterocycles. The molecule has 0 saturated carbocycles. The van der Waals surface area contributed by atoms with Crippen molar-refractivity contribution in [3.63, 3.8) is 0 Å². The number of carbonyl (C=O) groups excluding carboxylic acids is 1. The second-order valence-corrected chi connectivity index (χ2v) is 3.12. The van der Waals surface area contributed by atoms with Crippen molar-refractivity contribution in [3.05, 3.63) is 30.1 Å². The number of carbonyl (C=O) groups is 1. The smallest absolute Gasteiger partial charge is 0.219 e. The highest BCUT2D eigenvalue weighted by molar-refractivity contribution is 5.74. The first-order valence-electron chi connectivity index (χ1n) is 4.34. The Balaban J connectivity index is 2.60. The average Bonchev–Trinajstić information content (AvgIpc) is 2.14. The van der Waals surface area contributed by atoms with Gasteiger partial charge < -0.3 is 10.6 Å². The Bertz CT molecular complexity index is 328. The van der Waals surface area contributed by atoms with Gasteiger partial charge in [0.05, 0.1) is 0 Å². The maximum Gasteiger partial charge on any atom is 0.219 e. The summed E-state index contributed by atoms with van der Waals surface area (Å²) in [5.74, 6) is -0.637. The molecule has 0 aliphatic heterocycles. The van der Waals surface area contributed by atoms with Gasteiger partial charge in [-0.05, 0) is 18.2 Å². The van der Waals surface area contributed by atoms with E-state index in [0.29, 0.717) is 6.54 Å². The van der Waals surface area contributed by atoms with E-state index in [4.69, 9.17) is 5.73 Å². The van der Waals surface area contributed by atoms with E-state index in [-0.39, 0.29) is 18.1 Å². The van der Waals surface area contributed by atoms with Crippen LogP contribution in [0.1, 0.15) is 6.42 Å². The molecule has 0 heterocycles. The number of nitrogens with two attached hydrogens (primary N) is 1. The zero-order valence-corrected chi connectivity index (χ0v) is 8.03. The van der Waals surface area contributed by atoms with E-state index >= 15 is 0 Å². The number of amides is 1. The van der Waals surface area contributed by atoms with E-state index in [0.717, 1.165) is 5.69 Å². The van der Waals surface area contributed by atoms with Gasteiger partial charge in [-0.15, -0.1) is 0 Å². The molecule has 1 amide bonds. The van der Waals surface area contributed by atoms with Crippen molar-refractivity contribution >= 4 is 11.6 Å². The van der Waals surface area contributed by atoms with Crippen LogP contribution in [0.25, 0.3) is 0 Å². The molecule has 2 N–H and O–H groups in total. The molecule has 1 aromatic rings. The predicted octanol–water partition coefficient (Wildman–Crippen LogP) is 1.14. The monoisotopic (exact) mass is 196 g/mol. The SMILES string of the molecule is CN(CCC(N)=O)c1cccc(F)c1. The highest BCUT2D eigenvalue weighted by Crippen LogP contribution is 2.13. The first-order chi connectivity index (χ1) is 6.59. The van der Waals surface area contributed by atoms with E-state index in [9.17, 15) is 9.18 Å². The lowest BCUT2D eigenvalue weighted by atomic mass is 10.2. The van der Waals surface area contributed by atoms with Crippen LogP contribution in [0.3, 0.4) is 0 Å². The maximum absolute atomic E-state index is 12.8. The minimum atomic E-state index is -0.353. The molecule has 0 aromatic heterocycles. The van der Waals surface area contributed by atoms with Gasteiger partial charge in [0.2, 0.25) is 5.91 Å². The minimum absolute atomic E-state index is 0.271. The summed E-state index contributed by atoms with van der Waals surface area (Å²) < 4.78 is 12.8. The third kappa shape index (κ3) is 3.05. The van der Waals surface area contributed by atoms with Crippen molar-refractivity contribution in [1.29, 1.82) is 0 Å². The molecule has 0 aliphatic rings. The quantitative estimate of drug-likeness (QED) is 0.784. The molecule has 76 valence electrons. The summed E-state index contributed by atoms with van der Waals surface area (Å²) in [7, 11) is 1.79. The standard InChI is InChI=1S/C10H13FN2O/c1-13(6-5-10(12)14)9-4-2-3-8(11)7-9/h2-4,7H,5-6H2,1H3,(H2,12,14). The van der Waals surface area contributed by atoms with Gasteiger partial charge in [-0.3, -0.25) is 4.79 Å². The lowest BCUT2D eigenvalue weighted by Crippen LogP contribution is -2.24. The van der Waals surface area contributed by atoms with Crippen molar-refractivity contribution in [2.45, 2.75) is 6.42 Å². The van der Waals surface area contributed by atoms with Gasteiger partial charge in [-0.25, -0.2) is 4.39 Å². The van der Waals surface area contributed by atoms with E-state index in [1.165, 1.54) is 12.1 Å². The number of anilines is 1. The number of primary amides is 1. The first-order valence-corrected chi connectivity index (χ1v) is 4.34. The lowest BCUT2D eigenvalue weighted by Gasteiger charge is -2.18. The van der Waals surface area contributed by atoms with Gasteiger partial charge in [0.25, 0.3) is 0 Å². The summed E-state index contributed by atoms with van der Waals surface area (Å²) in [5.41, 5.74) is 5.75. The van der Waals surface area contributed by atoms with Gasteiger partial charge in [0.15, 0.2) is 0 Å². The van der Waals surface area contributed by atoms with Gasteiger partial charge in [0, 0.05) is 25.7 Å². The Morgan fingerprint density at radius 3 is 2.86 bits per heavy atom. The highest BCUT2D eigenvalue weighted by atomic mass is 19.1. The molecular formula is C10H13FN2O. The van der Waals surface area contributed by atoms with Crippen molar-refractivity contribution in [2.75, 3.05) is 18.5 Å². The van der Waals surface area contributed by atoms with E-state index < -0.39 is 0 Å². The van der Waals surface area contributed by atoms with E-state index in [1.807, 2.05) is 0 Å². The number of hydrogen-bond donors (Lipinski definition) is 1. The second-order valence-electron chi connectivity index (χ2n) is 3.12. The molecule has 0 atom stereocenters. The Morgan fingerprint density at radius 2 is 2.29 bits per heavy atom. The topological polar surface area (TPSA) is 46.3 Å². The van der Waals surface area contributed by atoms with Gasteiger partial charge in [-0.1, -0.05) is 6.07 Å². The minimum Gasteiger partial charge on any atom is -0.374 e. The predicted molar refractivity (Wildman–Crippen MR) is 53.5 cm³/mol. The largest absolute Gasteiger partial charge is 0.374 e. The zero-order chi connectivity index (χ0) is 10.6. The van der Waals surface area contributed by atoms with E-state index in [2.05, 4.69) is 0 Å². The van der Waals surface area contributed by atoms with Crippen molar-refractivity contribution in [1.82, 2.24) is 0 Å². The van der Waals surface area contributed by atoms with Crippen molar-refractivity contribution in [2.24, 2.45) is 5.73 Å². The molecule has 4 heteroatoms. The molecule has 0 unspecified atom stereocenters. The van der Waals surface area contributed by atoms with Gasteiger partial charge in [0.1, 0.15) is 5.82 Å². The van der Waals surface area contributed by atoms with Crippen LogP contribution in [-0.4, -0.2) is 19.5 Å². The Hall–Kier alpha value is -1.58. The molecule has 3 nitrogen and oxygen atoms in total. The fourth-order valence-electron chi connectivity index (χ4n) is 1.12. The molecule has 1 aromatic carbocycles. The molecule has 0 fully saturated rings. The Kier molecular flexibility index (Phi) is 3.45. The molecule has 0 radical (unpaired) electrons. The average molecular weight is 196 g/mol. The summed E-state index contributed by atoms with van der Waals surface area (Å²) in [6.07, 6.45) is 0.271. The zero-order valence-electron chi connectivity index (χ0n) is 8.03. The van der Waals surface area contributed by atoms with Crippen molar-refractivity contribution in [3.8, 4) is 0 Å². The van der Waals surface area contributed by atoms with Crippen LogP contribution in [0, 0.1) is 5.82 Å². The molecule has 0 bridgehead atoms. The molecule has 0 aliphatic carbocycles.